The molecule has 110 valence electrons. The maximum atomic E-state index is 9.05. The molecule has 6 heteroatoms. The predicted octanol–water partition coefficient (Wildman–Crippen LogP) is 1.97. The number of aromatic nitrogens is 3. The lowest BCUT2D eigenvalue weighted by Gasteiger charge is -2.24. The summed E-state index contributed by atoms with van der Waals surface area (Å²) in [6, 6.07) is 0. The zero-order chi connectivity index (χ0) is 14.8. The molecule has 0 aliphatic carbocycles. The third-order valence-corrected chi connectivity index (χ3v) is 4.61. The summed E-state index contributed by atoms with van der Waals surface area (Å²) in [5.74, 6) is 0. The van der Waals surface area contributed by atoms with Gasteiger partial charge in [-0.2, -0.15) is 5.10 Å². The van der Waals surface area contributed by atoms with Crippen molar-refractivity contribution in [3.05, 3.63) is 33.5 Å². The molecule has 0 bridgehead atoms. The maximum Gasteiger partial charge on any atom is 0.112 e. The van der Waals surface area contributed by atoms with Gasteiger partial charge in [-0.05, 0) is 27.7 Å². The molecule has 0 unspecified atom stereocenters. The summed E-state index contributed by atoms with van der Waals surface area (Å²) in [4.78, 5) is 4.38. The van der Waals surface area contributed by atoms with Crippen LogP contribution in [0.4, 0.5) is 0 Å². The van der Waals surface area contributed by atoms with Gasteiger partial charge in [-0.15, -0.1) is 11.3 Å². The first kappa shape index (κ1) is 15.2. The smallest absolute Gasteiger partial charge is 0.112 e. The summed E-state index contributed by atoms with van der Waals surface area (Å²) in [7, 11) is 0. The van der Waals surface area contributed by atoms with Crippen LogP contribution in [0, 0.1) is 13.8 Å². The molecule has 0 saturated heterocycles. The molecule has 0 saturated carbocycles. The minimum absolute atomic E-state index is 0.111. The third kappa shape index (κ3) is 3.08. The van der Waals surface area contributed by atoms with E-state index in [1.165, 1.54) is 5.56 Å². The van der Waals surface area contributed by atoms with Gasteiger partial charge in [0.05, 0.1) is 24.4 Å². The zero-order valence-corrected chi connectivity index (χ0v) is 13.3. The van der Waals surface area contributed by atoms with Gasteiger partial charge in [-0.3, -0.25) is 4.68 Å². The first-order valence-corrected chi connectivity index (χ1v) is 7.62. The zero-order valence-electron chi connectivity index (χ0n) is 12.5. The lowest BCUT2D eigenvalue weighted by atomic mass is 10.1. The molecule has 2 aromatic heterocycles. The van der Waals surface area contributed by atoms with Gasteiger partial charge < -0.3 is 10.4 Å². The average molecular weight is 294 g/mol. The molecule has 0 fully saturated rings. The highest BCUT2D eigenvalue weighted by Gasteiger charge is 2.23. The van der Waals surface area contributed by atoms with Crippen molar-refractivity contribution in [3.8, 4) is 0 Å². The highest BCUT2D eigenvalue weighted by molar-refractivity contribution is 7.09. The van der Waals surface area contributed by atoms with Crippen molar-refractivity contribution in [2.24, 2.45) is 0 Å². The summed E-state index contributed by atoms with van der Waals surface area (Å²) in [6.07, 6.45) is 1.83. The van der Waals surface area contributed by atoms with Crippen LogP contribution in [0.5, 0.6) is 0 Å². The van der Waals surface area contributed by atoms with E-state index in [0.29, 0.717) is 6.54 Å². The number of aliphatic hydroxyl groups excluding tert-OH is 1. The minimum atomic E-state index is -0.161. The molecular weight excluding hydrogens is 272 g/mol. The Kier molecular flexibility index (Phi) is 4.57. The maximum absolute atomic E-state index is 9.05. The van der Waals surface area contributed by atoms with Crippen LogP contribution in [-0.2, 0) is 18.6 Å². The fourth-order valence-electron chi connectivity index (χ4n) is 2.22. The Hall–Kier alpha value is -1.24. The molecule has 2 aromatic rings. The summed E-state index contributed by atoms with van der Waals surface area (Å²) in [5, 5.41) is 20.1. The molecule has 0 amide bonds. The third-order valence-electron chi connectivity index (χ3n) is 3.52. The summed E-state index contributed by atoms with van der Waals surface area (Å²) < 4.78 is 1.86. The molecule has 2 heterocycles. The molecule has 2 rings (SSSR count). The largest absolute Gasteiger partial charge is 0.394 e. The Labute approximate surface area is 123 Å². The highest BCUT2D eigenvalue weighted by Crippen LogP contribution is 2.23. The lowest BCUT2D eigenvalue weighted by Crippen LogP contribution is -2.36. The Morgan fingerprint density at radius 3 is 2.75 bits per heavy atom. The van der Waals surface area contributed by atoms with Crippen molar-refractivity contribution in [2.45, 2.75) is 46.3 Å². The van der Waals surface area contributed by atoms with E-state index < -0.39 is 0 Å². The van der Waals surface area contributed by atoms with Gasteiger partial charge in [0, 0.05) is 29.4 Å². The molecule has 0 spiro atoms. The average Bonchev–Trinajstić information content (AvgIpc) is 2.99. The van der Waals surface area contributed by atoms with Crippen LogP contribution < -0.4 is 5.32 Å². The first-order chi connectivity index (χ1) is 9.45. The van der Waals surface area contributed by atoms with Gasteiger partial charge in [0.2, 0.25) is 0 Å². The standard InChI is InChI=1S/C14H22N4OS/c1-10-12(11(2)18(17-10)6-7-19)9-16-14(3,4)13-15-5-8-20-13/h5,8,16,19H,6-7,9H2,1-4H3. The molecule has 0 aliphatic heterocycles. The van der Waals surface area contributed by atoms with Crippen LogP contribution in [0.25, 0.3) is 0 Å². The molecule has 0 atom stereocenters. The van der Waals surface area contributed by atoms with E-state index in [1.807, 2.05) is 30.1 Å². The predicted molar refractivity (Wildman–Crippen MR) is 80.8 cm³/mol. The molecule has 0 aromatic carbocycles. The second-order valence-electron chi connectivity index (χ2n) is 5.41. The number of aryl methyl sites for hydroxylation is 1. The first-order valence-electron chi connectivity index (χ1n) is 6.74. The normalized spacial score (nSPS) is 12.1. The van der Waals surface area contributed by atoms with Crippen molar-refractivity contribution in [1.29, 1.82) is 0 Å². The van der Waals surface area contributed by atoms with Gasteiger partial charge in [-0.25, -0.2) is 4.98 Å². The number of hydrogen-bond acceptors (Lipinski definition) is 5. The van der Waals surface area contributed by atoms with Crippen molar-refractivity contribution >= 4 is 11.3 Å². The quantitative estimate of drug-likeness (QED) is 0.855. The van der Waals surface area contributed by atoms with Crippen molar-refractivity contribution in [1.82, 2.24) is 20.1 Å². The molecule has 0 radical (unpaired) electrons. The second kappa shape index (κ2) is 6.03. The van der Waals surface area contributed by atoms with Crippen LogP contribution in [0.2, 0.25) is 0 Å². The Balaban J connectivity index is 2.11. The van der Waals surface area contributed by atoms with Crippen LogP contribution in [0.1, 0.15) is 35.8 Å². The number of rotatable bonds is 6. The topological polar surface area (TPSA) is 63.0 Å². The fourth-order valence-corrected chi connectivity index (χ4v) is 2.96. The summed E-state index contributed by atoms with van der Waals surface area (Å²) in [6.45, 7) is 9.72. The van der Waals surface area contributed by atoms with Gasteiger partial charge in [0.1, 0.15) is 5.01 Å². The molecule has 2 N–H and O–H groups in total. The molecule has 0 aliphatic rings. The fraction of sp³-hybridized carbons (Fsp3) is 0.571. The Bertz CT molecular complexity index is 560. The van der Waals surface area contributed by atoms with E-state index in [-0.39, 0.29) is 12.1 Å². The number of thiazole rings is 1. The Morgan fingerprint density at radius 1 is 1.40 bits per heavy atom. The van der Waals surface area contributed by atoms with E-state index >= 15 is 0 Å². The minimum Gasteiger partial charge on any atom is -0.394 e. The highest BCUT2D eigenvalue weighted by atomic mass is 32.1. The van der Waals surface area contributed by atoms with Crippen molar-refractivity contribution < 1.29 is 5.11 Å². The number of nitrogens with one attached hydrogen (secondary N) is 1. The van der Waals surface area contributed by atoms with E-state index in [0.717, 1.165) is 22.9 Å². The summed E-state index contributed by atoms with van der Waals surface area (Å²) >= 11 is 1.66. The van der Waals surface area contributed by atoms with E-state index in [2.05, 4.69) is 29.2 Å². The van der Waals surface area contributed by atoms with Crippen LogP contribution in [0.3, 0.4) is 0 Å². The van der Waals surface area contributed by atoms with Crippen LogP contribution >= 0.6 is 11.3 Å². The van der Waals surface area contributed by atoms with Gasteiger partial charge in [0.25, 0.3) is 0 Å². The SMILES string of the molecule is Cc1nn(CCO)c(C)c1CNC(C)(C)c1nccs1. The van der Waals surface area contributed by atoms with Gasteiger partial charge >= 0.3 is 0 Å². The van der Waals surface area contributed by atoms with E-state index in [9.17, 15) is 0 Å². The van der Waals surface area contributed by atoms with Gasteiger partial charge in [0.15, 0.2) is 0 Å². The second-order valence-corrected chi connectivity index (χ2v) is 6.31. The molecule has 20 heavy (non-hydrogen) atoms. The van der Waals surface area contributed by atoms with Crippen molar-refractivity contribution in [3.63, 3.8) is 0 Å². The van der Waals surface area contributed by atoms with Gasteiger partial charge in [-0.1, -0.05) is 0 Å². The lowest BCUT2D eigenvalue weighted by molar-refractivity contribution is 0.267. The number of aliphatic hydroxyl groups is 1. The molecule has 5 nitrogen and oxygen atoms in total. The Morgan fingerprint density at radius 2 is 2.15 bits per heavy atom. The van der Waals surface area contributed by atoms with Crippen LogP contribution in [0.15, 0.2) is 11.6 Å². The number of hydrogen-bond donors (Lipinski definition) is 2. The van der Waals surface area contributed by atoms with Crippen LogP contribution in [-0.4, -0.2) is 26.5 Å². The number of nitrogens with zero attached hydrogens (tertiary/aromatic N) is 3. The molecular formula is C14H22N4OS. The summed E-state index contributed by atoms with van der Waals surface area (Å²) in [5.41, 5.74) is 3.16. The van der Waals surface area contributed by atoms with Crippen molar-refractivity contribution in [2.75, 3.05) is 6.61 Å². The van der Waals surface area contributed by atoms with E-state index in [1.54, 1.807) is 11.3 Å². The van der Waals surface area contributed by atoms with E-state index in [4.69, 9.17) is 5.11 Å². The monoisotopic (exact) mass is 294 g/mol.